The first-order valence-electron chi connectivity index (χ1n) is 11.4. The molecule has 0 unspecified atom stereocenters. The maximum atomic E-state index is 13.1. The number of hydrogen-bond donors (Lipinski definition) is 1. The molecule has 0 saturated carbocycles. The Morgan fingerprint density at radius 3 is 2.52 bits per heavy atom. The number of aryl methyl sites for hydroxylation is 2. The van der Waals surface area contributed by atoms with E-state index in [0.717, 1.165) is 11.4 Å². The molecule has 0 spiro atoms. The Bertz CT molecular complexity index is 1150. The second-order valence-corrected chi connectivity index (χ2v) is 8.88. The number of nitrogens with zero attached hydrogens (tertiary/aromatic N) is 5. The molecule has 1 N–H and O–H groups in total. The Balaban J connectivity index is 1.52. The lowest BCUT2D eigenvalue weighted by molar-refractivity contribution is 0.0758. The number of carbonyl (C=O) groups excluding carboxylic acids is 2. The van der Waals surface area contributed by atoms with Crippen molar-refractivity contribution in [1.29, 1.82) is 0 Å². The fourth-order valence-electron chi connectivity index (χ4n) is 4.08. The van der Waals surface area contributed by atoms with E-state index in [1.54, 1.807) is 24.4 Å². The number of hydrogen-bond acceptors (Lipinski definition) is 5. The van der Waals surface area contributed by atoms with E-state index >= 15 is 0 Å². The molecule has 33 heavy (non-hydrogen) atoms. The summed E-state index contributed by atoms with van der Waals surface area (Å²) >= 11 is 0. The van der Waals surface area contributed by atoms with Crippen LogP contribution in [0.25, 0.3) is 0 Å². The second-order valence-electron chi connectivity index (χ2n) is 8.88. The number of nitrogens with one attached hydrogen (secondary N) is 1. The first kappa shape index (κ1) is 22.6. The first-order valence-corrected chi connectivity index (χ1v) is 11.4. The summed E-state index contributed by atoms with van der Waals surface area (Å²) in [6, 6.07) is 10.8. The molecular formula is C25H30N6O2. The monoisotopic (exact) mass is 446 g/mol. The van der Waals surface area contributed by atoms with Gasteiger partial charge >= 0.3 is 0 Å². The van der Waals surface area contributed by atoms with Crippen molar-refractivity contribution in [3.63, 3.8) is 0 Å². The molecule has 4 rings (SSSR count). The van der Waals surface area contributed by atoms with Crippen molar-refractivity contribution in [3.05, 3.63) is 76.6 Å². The van der Waals surface area contributed by atoms with Crippen molar-refractivity contribution < 1.29 is 9.59 Å². The quantitative estimate of drug-likeness (QED) is 0.650. The SMILES string of the molecule is Cc1ccc(C(=O)N2CCc3nnc([C@@H](NC(=O)c4ccccn4)C(C)C)n3CC2)cc1C. The molecule has 8 heteroatoms. The summed E-state index contributed by atoms with van der Waals surface area (Å²) in [4.78, 5) is 31.9. The van der Waals surface area contributed by atoms with Crippen LogP contribution in [0, 0.1) is 19.8 Å². The second kappa shape index (κ2) is 9.52. The van der Waals surface area contributed by atoms with Crippen molar-refractivity contribution in [2.24, 2.45) is 5.92 Å². The van der Waals surface area contributed by atoms with Gasteiger partial charge in [0.15, 0.2) is 5.82 Å². The number of aromatic nitrogens is 4. The van der Waals surface area contributed by atoms with E-state index in [0.29, 0.717) is 43.1 Å². The largest absolute Gasteiger partial charge is 0.340 e. The van der Waals surface area contributed by atoms with Gasteiger partial charge in [-0.1, -0.05) is 26.0 Å². The zero-order valence-corrected chi connectivity index (χ0v) is 19.6. The number of fused-ring (bicyclic) bond motifs is 1. The van der Waals surface area contributed by atoms with Crippen molar-refractivity contribution in [3.8, 4) is 0 Å². The van der Waals surface area contributed by atoms with Crippen LogP contribution in [-0.4, -0.2) is 49.6 Å². The summed E-state index contributed by atoms with van der Waals surface area (Å²) in [5.41, 5.74) is 3.35. The third kappa shape index (κ3) is 4.79. The van der Waals surface area contributed by atoms with Gasteiger partial charge in [-0.3, -0.25) is 14.6 Å². The summed E-state index contributed by atoms with van der Waals surface area (Å²) < 4.78 is 2.05. The Labute approximate surface area is 194 Å². The Morgan fingerprint density at radius 2 is 1.82 bits per heavy atom. The molecule has 3 heterocycles. The highest BCUT2D eigenvalue weighted by Gasteiger charge is 2.29. The van der Waals surface area contributed by atoms with E-state index in [1.165, 1.54) is 5.56 Å². The lowest BCUT2D eigenvalue weighted by Gasteiger charge is -2.23. The minimum absolute atomic E-state index is 0.0298. The van der Waals surface area contributed by atoms with E-state index in [-0.39, 0.29) is 23.8 Å². The fraction of sp³-hybridized carbons (Fsp3) is 0.400. The minimum atomic E-state index is -0.317. The number of carbonyl (C=O) groups is 2. The molecular weight excluding hydrogens is 416 g/mol. The highest BCUT2D eigenvalue weighted by molar-refractivity contribution is 5.94. The molecule has 0 aliphatic carbocycles. The average Bonchev–Trinajstić information content (AvgIpc) is 3.09. The summed E-state index contributed by atoms with van der Waals surface area (Å²) in [7, 11) is 0. The van der Waals surface area contributed by atoms with E-state index in [4.69, 9.17) is 0 Å². The summed E-state index contributed by atoms with van der Waals surface area (Å²) in [6.45, 7) is 9.86. The van der Waals surface area contributed by atoms with Crippen LogP contribution in [0.2, 0.25) is 0 Å². The number of amides is 2. The van der Waals surface area contributed by atoms with Gasteiger partial charge in [0.1, 0.15) is 11.5 Å². The van der Waals surface area contributed by atoms with Crippen molar-refractivity contribution in [2.45, 2.75) is 46.7 Å². The van der Waals surface area contributed by atoms with Gasteiger partial charge in [-0.25, -0.2) is 0 Å². The van der Waals surface area contributed by atoms with Gasteiger partial charge in [-0.15, -0.1) is 10.2 Å². The zero-order valence-electron chi connectivity index (χ0n) is 19.6. The molecule has 1 aliphatic heterocycles. The maximum absolute atomic E-state index is 13.1. The lowest BCUT2D eigenvalue weighted by atomic mass is 10.0. The van der Waals surface area contributed by atoms with Gasteiger partial charge in [0.2, 0.25) is 0 Å². The van der Waals surface area contributed by atoms with Gasteiger partial charge in [0.25, 0.3) is 11.8 Å². The van der Waals surface area contributed by atoms with Gasteiger partial charge in [0, 0.05) is 37.8 Å². The molecule has 2 amide bonds. The van der Waals surface area contributed by atoms with Crippen LogP contribution in [0.15, 0.2) is 42.6 Å². The maximum Gasteiger partial charge on any atom is 0.270 e. The molecule has 0 saturated heterocycles. The van der Waals surface area contributed by atoms with E-state index in [2.05, 4.69) is 25.1 Å². The van der Waals surface area contributed by atoms with Gasteiger partial charge < -0.3 is 14.8 Å². The minimum Gasteiger partial charge on any atom is -0.340 e. The Kier molecular flexibility index (Phi) is 6.53. The van der Waals surface area contributed by atoms with Gasteiger partial charge in [-0.05, 0) is 55.2 Å². The molecule has 0 fully saturated rings. The average molecular weight is 447 g/mol. The van der Waals surface area contributed by atoms with Crippen LogP contribution in [-0.2, 0) is 13.0 Å². The standard InChI is InChI=1S/C25H30N6O2/c1-16(2)22(27-24(32)20-7-5-6-11-26-20)23-29-28-21-10-12-30(13-14-31(21)23)25(33)19-9-8-17(3)18(4)15-19/h5-9,11,15-16,22H,10,12-14H2,1-4H3,(H,27,32)/t22-/m0/s1. The van der Waals surface area contributed by atoms with Crippen LogP contribution in [0.3, 0.4) is 0 Å². The van der Waals surface area contributed by atoms with Crippen molar-refractivity contribution in [1.82, 2.24) is 30.0 Å². The van der Waals surface area contributed by atoms with E-state index in [9.17, 15) is 9.59 Å². The molecule has 0 bridgehead atoms. The van der Waals surface area contributed by atoms with Crippen LogP contribution in [0.1, 0.15) is 63.5 Å². The molecule has 172 valence electrons. The number of benzene rings is 1. The third-order valence-electron chi connectivity index (χ3n) is 6.22. The normalized spacial score (nSPS) is 14.5. The smallest absolute Gasteiger partial charge is 0.270 e. The number of pyridine rings is 1. The van der Waals surface area contributed by atoms with Crippen LogP contribution in [0.5, 0.6) is 0 Å². The lowest BCUT2D eigenvalue weighted by Crippen LogP contribution is -2.36. The van der Waals surface area contributed by atoms with Gasteiger partial charge in [0.05, 0.1) is 6.04 Å². The Hall–Kier alpha value is -3.55. The highest BCUT2D eigenvalue weighted by Crippen LogP contribution is 2.23. The predicted molar refractivity (Wildman–Crippen MR) is 125 cm³/mol. The van der Waals surface area contributed by atoms with E-state index < -0.39 is 0 Å². The molecule has 1 aromatic carbocycles. The summed E-state index contributed by atoms with van der Waals surface area (Å²) in [5, 5.41) is 11.9. The third-order valence-corrected chi connectivity index (χ3v) is 6.22. The highest BCUT2D eigenvalue weighted by atomic mass is 16.2. The molecule has 1 atom stereocenters. The summed E-state index contributed by atoms with van der Waals surface area (Å²) in [5.74, 6) is 1.43. The first-order chi connectivity index (χ1) is 15.8. The summed E-state index contributed by atoms with van der Waals surface area (Å²) in [6.07, 6.45) is 2.21. The van der Waals surface area contributed by atoms with E-state index in [1.807, 2.05) is 50.8 Å². The predicted octanol–water partition coefficient (Wildman–Crippen LogP) is 3.12. The van der Waals surface area contributed by atoms with Gasteiger partial charge in [-0.2, -0.15) is 0 Å². The topological polar surface area (TPSA) is 93.0 Å². The zero-order chi connectivity index (χ0) is 23.5. The molecule has 3 aromatic rings. The van der Waals surface area contributed by atoms with Crippen LogP contribution >= 0.6 is 0 Å². The van der Waals surface area contributed by atoms with Crippen molar-refractivity contribution in [2.75, 3.05) is 13.1 Å². The molecule has 2 aromatic heterocycles. The molecule has 1 aliphatic rings. The van der Waals surface area contributed by atoms with Crippen LogP contribution in [0.4, 0.5) is 0 Å². The Morgan fingerprint density at radius 1 is 1.00 bits per heavy atom. The number of rotatable bonds is 5. The van der Waals surface area contributed by atoms with Crippen LogP contribution < -0.4 is 5.32 Å². The molecule has 8 nitrogen and oxygen atoms in total. The van der Waals surface area contributed by atoms with Crippen molar-refractivity contribution >= 4 is 11.8 Å². The fourth-order valence-corrected chi connectivity index (χ4v) is 4.08. The molecule has 0 radical (unpaired) electrons.